The zero-order valence-corrected chi connectivity index (χ0v) is 11.8. The molecule has 2 heterocycles. The fourth-order valence-electron chi connectivity index (χ4n) is 2.75. The molecule has 108 valence electrons. The highest BCUT2D eigenvalue weighted by Crippen LogP contribution is 2.26. The van der Waals surface area contributed by atoms with Crippen molar-refractivity contribution in [3.8, 4) is 0 Å². The zero-order valence-electron chi connectivity index (χ0n) is 11.8. The van der Waals surface area contributed by atoms with E-state index in [0.717, 1.165) is 25.6 Å². The number of carbonyl (C=O) groups excluding carboxylic acids is 1. The second-order valence-corrected chi connectivity index (χ2v) is 5.25. The Kier molecular flexibility index (Phi) is 3.95. The lowest BCUT2D eigenvalue weighted by Crippen LogP contribution is -2.31. The van der Waals surface area contributed by atoms with E-state index in [1.807, 2.05) is 6.07 Å². The number of aromatic nitrogens is 1. The number of Topliss-reactive ketones (excluding diaryl/α,β-unsaturated/α-hetero) is 1. The van der Waals surface area contributed by atoms with Crippen LogP contribution in [0, 0.1) is 5.82 Å². The van der Waals surface area contributed by atoms with Gasteiger partial charge in [-0.3, -0.25) is 9.78 Å². The highest BCUT2D eigenvalue weighted by Gasteiger charge is 2.17. The van der Waals surface area contributed by atoms with Crippen molar-refractivity contribution in [1.29, 1.82) is 0 Å². The van der Waals surface area contributed by atoms with Crippen LogP contribution in [0.1, 0.15) is 28.9 Å². The standard InChI is InChI=1S/C17H17FN2O/c18-14-7-8-15(19-12-14)17(21)9-11-20-10-3-5-13-4-1-2-6-16(13)20/h1-2,4,6-8,12H,3,5,9-11H2. The molecule has 21 heavy (non-hydrogen) atoms. The van der Waals surface area contributed by atoms with Crippen LogP contribution in [-0.4, -0.2) is 23.9 Å². The third-order valence-electron chi connectivity index (χ3n) is 3.83. The van der Waals surface area contributed by atoms with Gasteiger partial charge in [-0.15, -0.1) is 0 Å². The molecule has 1 aromatic heterocycles. The number of fused-ring (bicyclic) bond motifs is 1. The van der Waals surface area contributed by atoms with Gasteiger partial charge in [0.05, 0.1) is 6.20 Å². The minimum Gasteiger partial charge on any atom is -0.371 e. The first-order valence-corrected chi connectivity index (χ1v) is 7.21. The number of hydrogen-bond donors (Lipinski definition) is 0. The van der Waals surface area contributed by atoms with Crippen LogP contribution in [0.2, 0.25) is 0 Å². The van der Waals surface area contributed by atoms with Crippen molar-refractivity contribution in [3.63, 3.8) is 0 Å². The Morgan fingerprint density at radius 3 is 2.90 bits per heavy atom. The van der Waals surface area contributed by atoms with Crippen LogP contribution in [0.4, 0.5) is 10.1 Å². The van der Waals surface area contributed by atoms with E-state index in [-0.39, 0.29) is 5.78 Å². The Bertz CT molecular complexity index is 639. The van der Waals surface area contributed by atoms with Gasteiger partial charge < -0.3 is 4.90 Å². The zero-order chi connectivity index (χ0) is 14.7. The Morgan fingerprint density at radius 1 is 1.24 bits per heavy atom. The maximum absolute atomic E-state index is 12.8. The predicted molar refractivity (Wildman–Crippen MR) is 80.1 cm³/mol. The highest BCUT2D eigenvalue weighted by atomic mass is 19.1. The molecule has 0 atom stereocenters. The van der Waals surface area contributed by atoms with Crippen LogP contribution in [-0.2, 0) is 6.42 Å². The van der Waals surface area contributed by atoms with Gasteiger partial charge in [-0.05, 0) is 36.6 Å². The fraction of sp³-hybridized carbons (Fsp3) is 0.294. The topological polar surface area (TPSA) is 33.2 Å². The number of halogens is 1. The van der Waals surface area contributed by atoms with Gasteiger partial charge in [0, 0.05) is 25.2 Å². The van der Waals surface area contributed by atoms with Gasteiger partial charge >= 0.3 is 0 Å². The molecule has 0 saturated heterocycles. The molecule has 0 N–H and O–H groups in total. The summed E-state index contributed by atoms with van der Waals surface area (Å²) >= 11 is 0. The van der Waals surface area contributed by atoms with Crippen LogP contribution >= 0.6 is 0 Å². The minimum atomic E-state index is -0.420. The number of ketones is 1. The third-order valence-corrected chi connectivity index (χ3v) is 3.83. The van der Waals surface area contributed by atoms with Crippen molar-refractivity contribution >= 4 is 11.5 Å². The minimum absolute atomic E-state index is 0.0435. The van der Waals surface area contributed by atoms with E-state index in [4.69, 9.17) is 0 Å². The van der Waals surface area contributed by atoms with Crippen LogP contribution < -0.4 is 4.90 Å². The average molecular weight is 284 g/mol. The molecule has 4 heteroatoms. The molecule has 1 aromatic carbocycles. The van der Waals surface area contributed by atoms with Gasteiger partial charge in [-0.1, -0.05) is 18.2 Å². The first-order chi connectivity index (χ1) is 10.2. The van der Waals surface area contributed by atoms with E-state index in [2.05, 4.69) is 28.1 Å². The normalized spacial score (nSPS) is 13.9. The number of anilines is 1. The summed E-state index contributed by atoms with van der Waals surface area (Å²) in [5, 5.41) is 0. The van der Waals surface area contributed by atoms with Crippen LogP contribution in [0.25, 0.3) is 0 Å². The molecule has 1 aliphatic heterocycles. The summed E-state index contributed by atoms with van der Waals surface area (Å²) in [5.74, 6) is -0.463. The molecule has 0 radical (unpaired) electrons. The molecule has 2 aromatic rings. The number of nitrogens with zero attached hydrogens (tertiary/aromatic N) is 2. The highest BCUT2D eigenvalue weighted by molar-refractivity contribution is 5.94. The molecule has 0 saturated carbocycles. The molecule has 0 bridgehead atoms. The molecular formula is C17H17FN2O. The van der Waals surface area contributed by atoms with Crippen molar-refractivity contribution in [2.24, 2.45) is 0 Å². The third kappa shape index (κ3) is 3.10. The number of rotatable bonds is 4. The second-order valence-electron chi connectivity index (χ2n) is 5.25. The number of carbonyl (C=O) groups is 1. The summed E-state index contributed by atoms with van der Waals surface area (Å²) in [6.45, 7) is 1.65. The lowest BCUT2D eigenvalue weighted by molar-refractivity contribution is 0.0979. The van der Waals surface area contributed by atoms with Crippen molar-refractivity contribution < 1.29 is 9.18 Å². The lowest BCUT2D eigenvalue weighted by Gasteiger charge is -2.31. The molecule has 0 spiro atoms. The Hall–Kier alpha value is -2.23. The number of benzene rings is 1. The van der Waals surface area contributed by atoms with Gasteiger partial charge in [-0.25, -0.2) is 4.39 Å². The SMILES string of the molecule is O=C(CCN1CCCc2ccccc21)c1ccc(F)cn1. The largest absolute Gasteiger partial charge is 0.371 e. The first kappa shape index (κ1) is 13.7. The first-order valence-electron chi connectivity index (χ1n) is 7.21. The molecule has 0 aliphatic carbocycles. The maximum Gasteiger partial charge on any atom is 0.182 e. The molecule has 0 unspecified atom stereocenters. The van der Waals surface area contributed by atoms with Gasteiger partial charge in [0.2, 0.25) is 0 Å². The number of pyridine rings is 1. The molecule has 3 rings (SSSR count). The monoisotopic (exact) mass is 284 g/mol. The smallest absolute Gasteiger partial charge is 0.182 e. The summed E-state index contributed by atoms with van der Waals surface area (Å²) in [5.41, 5.74) is 2.90. The van der Waals surface area contributed by atoms with Gasteiger partial charge in [-0.2, -0.15) is 0 Å². The number of aryl methyl sites for hydroxylation is 1. The Labute approximate surface area is 123 Å². The van der Waals surface area contributed by atoms with E-state index < -0.39 is 5.82 Å². The van der Waals surface area contributed by atoms with Gasteiger partial charge in [0.25, 0.3) is 0 Å². The van der Waals surface area contributed by atoms with E-state index in [1.54, 1.807) is 0 Å². The molecule has 0 amide bonds. The molecular weight excluding hydrogens is 267 g/mol. The Morgan fingerprint density at radius 2 is 2.10 bits per heavy atom. The quantitative estimate of drug-likeness (QED) is 0.808. The van der Waals surface area contributed by atoms with Gasteiger partial charge in [0.1, 0.15) is 11.5 Å². The predicted octanol–water partition coefficient (Wildman–Crippen LogP) is 3.25. The van der Waals surface area contributed by atoms with Crippen LogP contribution in [0.15, 0.2) is 42.6 Å². The fourth-order valence-corrected chi connectivity index (χ4v) is 2.75. The van der Waals surface area contributed by atoms with Gasteiger partial charge in [0.15, 0.2) is 5.78 Å². The van der Waals surface area contributed by atoms with Crippen molar-refractivity contribution in [3.05, 3.63) is 59.7 Å². The Balaban J connectivity index is 1.66. The van der Waals surface area contributed by atoms with Crippen LogP contribution in [0.5, 0.6) is 0 Å². The van der Waals surface area contributed by atoms with E-state index in [1.165, 1.54) is 23.4 Å². The lowest BCUT2D eigenvalue weighted by atomic mass is 10.0. The van der Waals surface area contributed by atoms with E-state index >= 15 is 0 Å². The summed E-state index contributed by atoms with van der Waals surface area (Å²) in [7, 11) is 0. The summed E-state index contributed by atoms with van der Waals surface area (Å²) in [4.78, 5) is 18.2. The summed E-state index contributed by atoms with van der Waals surface area (Å²) in [6, 6.07) is 11.1. The van der Waals surface area contributed by atoms with E-state index in [0.29, 0.717) is 18.7 Å². The van der Waals surface area contributed by atoms with Crippen molar-refractivity contribution in [2.45, 2.75) is 19.3 Å². The maximum atomic E-state index is 12.8. The number of hydrogen-bond acceptors (Lipinski definition) is 3. The van der Waals surface area contributed by atoms with Crippen molar-refractivity contribution in [1.82, 2.24) is 4.98 Å². The van der Waals surface area contributed by atoms with Crippen LogP contribution in [0.3, 0.4) is 0 Å². The molecule has 0 fully saturated rings. The molecule has 1 aliphatic rings. The summed E-state index contributed by atoms with van der Waals surface area (Å²) in [6.07, 6.45) is 3.69. The second kappa shape index (κ2) is 6.04. The summed E-state index contributed by atoms with van der Waals surface area (Å²) < 4.78 is 12.8. The molecule has 3 nitrogen and oxygen atoms in total. The van der Waals surface area contributed by atoms with E-state index in [9.17, 15) is 9.18 Å². The number of para-hydroxylation sites is 1. The van der Waals surface area contributed by atoms with Crippen molar-refractivity contribution in [2.75, 3.05) is 18.0 Å². The average Bonchev–Trinajstić information content (AvgIpc) is 2.53.